The highest BCUT2D eigenvalue weighted by atomic mass is 19.1. The number of fused-ring (bicyclic) bond motifs is 1. The molecule has 0 radical (unpaired) electrons. The quantitative estimate of drug-likeness (QED) is 0.598. The molecule has 160 valence electrons. The van der Waals surface area contributed by atoms with Gasteiger partial charge in [0.25, 0.3) is 5.91 Å². The lowest BCUT2D eigenvalue weighted by atomic mass is 10.0. The van der Waals surface area contributed by atoms with Gasteiger partial charge in [-0.25, -0.2) is 9.07 Å². The van der Waals surface area contributed by atoms with Crippen LogP contribution in [0.25, 0.3) is 11.1 Å². The summed E-state index contributed by atoms with van der Waals surface area (Å²) >= 11 is 0. The fourth-order valence-corrected chi connectivity index (χ4v) is 3.67. The Balaban J connectivity index is 1.54. The lowest BCUT2D eigenvalue weighted by molar-refractivity contribution is -0.123. The third-order valence-corrected chi connectivity index (χ3v) is 5.12. The van der Waals surface area contributed by atoms with Crippen molar-refractivity contribution >= 4 is 23.3 Å². The number of hydrogen-bond acceptors (Lipinski definition) is 4. The number of ether oxygens (including phenoxy) is 1. The van der Waals surface area contributed by atoms with Crippen LogP contribution in [0.1, 0.15) is 32.0 Å². The van der Waals surface area contributed by atoms with Gasteiger partial charge >= 0.3 is 0 Å². The summed E-state index contributed by atoms with van der Waals surface area (Å²) in [5.41, 5.74) is 2.91. The van der Waals surface area contributed by atoms with E-state index in [1.54, 1.807) is 41.1 Å². The second-order valence-electron chi connectivity index (χ2n) is 7.19. The minimum Gasteiger partial charge on any atom is -0.494 e. The Morgan fingerprint density at radius 1 is 1.16 bits per heavy atom. The van der Waals surface area contributed by atoms with E-state index in [1.165, 1.54) is 12.1 Å². The number of rotatable bonds is 7. The molecule has 1 aliphatic heterocycles. The van der Waals surface area contributed by atoms with Crippen molar-refractivity contribution in [1.29, 1.82) is 0 Å². The number of halogens is 1. The van der Waals surface area contributed by atoms with Crippen molar-refractivity contribution in [2.24, 2.45) is 0 Å². The van der Waals surface area contributed by atoms with Gasteiger partial charge in [-0.15, -0.1) is 0 Å². The summed E-state index contributed by atoms with van der Waals surface area (Å²) in [6, 6.07) is 12.4. The monoisotopic (exact) mass is 422 g/mol. The summed E-state index contributed by atoms with van der Waals surface area (Å²) in [6.07, 6.45) is 0.577. The third-order valence-electron chi connectivity index (χ3n) is 5.12. The van der Waals surface area contributed by atoms with E-state index in [-0.39, 0.29) is 24.1 Å². The molecule has 1 atom stereocenters. The summed E-state index contributed by atoms with van der Waals surface area (Å²) in [5, 5.41) is 10.2. The Kier molecular flexibility index (Phi) is 5.70. The normalized spacial score (nSPS) is 14.8. The molecule has 3 aromatic rings. The predicted molar refractivity (Wildman–Crippen MR) is 116 cm³/mol. The molecule has 1 aromatic heterocycles. The van der Waals surface area contributed by atoms with Crippen LogP contribution in [-0.4, -0.2) is 28.2 Å². The molecule has 0 bridgehead atoms. The summed E-state index contributed by atoms with van der Waals surface area (Å²) in [5.74, 6) is 0.326. The zero-order chi connectivity index (χ0) is 22.0. The van der Waals surface area contributed by atoms with Crippen LogP contribution in [0.3, 0.4) is 0 Å². The maximum atomic E-state index is 13.3. The molecule has 31 heavy (non-hydrogen) atoms. The molecule has 1 aliphatic rings. The van der Waals surface area contributed by atoms with Gasteiger partial charge in [-0.2, -0.15) is 5.10 Å². The molecule has 4 rings (SSSR count). The molecular weight excluding hydrogens is 399 g/mol. The van der Waals surface area contributed by atoms with Gasteiger partial charge in [-0.05, 0) is 55.3 Å². The Morgan fingerprint density at radius 3 is 2.52 bits per heavy atom. The zero-order valence-electron chi connectivity index (χ0n) is 17.3. The number of anilines is 2. The highest BCUT2D eigenvalue weighted by Crippen LogP contribution is 2.38. The SMILES string of the molecule is CCOc1ccc(NC(=O)CC2C(=O)Nc3c(-c4ccc(F)cc4)c(CC)nn32)cc1. The van der Waals surface area contributed by atoms with E-state index in [0.29, 0.717) is 24.5 Å². The molecule has 0 aliphatic carbocycles. The van der Waals surface area contributed by atoms with Crippen LogP contribution in [0.15, 0.2) is 48.5 Å². The molecular formula is C23H23FN4O3. The predicted octanol–water partition coefficient (Wildman–Crippen LogP) is 4.17. The van der Waals surface area contributed by atoms with Crippen molar-refractivity contribution in [2.75, 3.05) is 17.2 Å². The first kappa shape index (κ1) is 20.6. The molecule has 0 fully saturated rings. The molecule has 2 N–H and O–H groups in total. The van der Waals surface area contributed by atoms with Crippen LogP contribution in [0, 0.1) is 5.82 Å². The van der Waals surface area contributed by atoms with Gasteiger partial charge in [-0.3, -0.25) is 9.59 Å². The lowest BCUT2D eigenvalue weighted by Crippen LogP contribution is -2.23. The molecule has 2 amide bonds. The highest BCUT2D eigenvalue weighted by Gasteiger charge is 2.36. The minimum atomic E-state index is -0.753. The fraction of sp³-hybridized carbons (Fsp3) is 0.261. The maximum Gasteiger partial charge on any atom is 0.251 e. The van der Waals surface area contributed by atoms with Crippen molar-refractivity contribution in [3.63, 3.8) is 0 Å². The van der Waals surface area contributed by atoms with Gasteiger partial charge in [0.05, 0.1) is 18.7 Å². The van der Waals surface area contributed by atoms with Crippen LogP contribution < -0.4 is 15.4 Å². The van der Waals surface area contributed by atoms with Gasteiger partial charge in [-0.1, -0.05) is 19.1 Å². The van der Waals surface area contributed by atoms with Crippen molar-refractivity contribution in [3.8, 4) is 16.9 Å². The average molecular weight is 422 g/mol. The number of aromatic nitrogens is 2. The smallest absolute Gasteiger partial charge is 0.251 e. The van der Waals surface area contributed by atoms with Crippen molar-refractivity contribution in [3.05, 3.63) is 60.0 Å². The van der Waals surface area contributed by atoms with Gasteiger partial charge in [0.15, 0.2) is 0 Å². The van der Waals surface area contributed by atoms with E-state index in [4.69, 9.17) is 4.74 Å². The summed E-state index contributed by atoms with van der Waals surface area (Å²) < 4.78 is 20.3. The molecule has 8 heteroatoms. The topological polar surface area (TPSA) is 85.2 Å². The van der Waals surface area contributed by atoms with Crippen LogP contribution in [-0.2, 0) is 16.0 Å². The second-order valence-corrected chi connectivity index (χ2v) is 7.19. The zero-order valence-corrected chi connectivity index (χ0v) is 17.3. The fourth-order valence-electron chi connectivity index (χ4n) is 3.67. The summed E-state index contributed by atoms with van der Waals surface area (Å²) in [7, 11) is 0. The Labute approximate surface area is 179 Å². The van der Waals surface area contributed by atoms with Gasteiger partial charge < -0.3 is 15.4 Å². The summed E-state index contributed by atoms with van der Waals surface area (Å²) in [6.45, 7) is 4.42. The van der Waals surface area contributed by atoms with E-state index < -0.39 is 6.04 Å². The van der Waals surface area contributed by atoms with Crippen LogP contribution in [0.5, 0.6) is 5.75 Å². The minimum absolute atomic E-state index is 0.0558. The van der Waals surface area contributed by atoms with Crippen molar-refractivity contribution in [1.82, 2.24) is 9.78 Å². The average Bonchev–Trinajstić information content (AvgIpc) is 3.25. The van der Waals surface area contributed by atoms with Crippen molar-refractivity contribution < 1.29 is 18.7 Å². The molecule has 2 heterocycles. The standard InChI is InChI=1S/C23H23FN4O3/c1-3-18-21(14-5-7-15(24)8-6-14)22-26-23(30)19(28(22)27-18)13-20(29)25-16-9-11-17(12-10-16)31-4-2/h5-12,19H,3-4,13H2,1-2H3,(H,25,29)(H,26,30). The Bertz CT molecular complexity index is 1110. The number of amides is 2. The number of carbonyl (C=O) groups excluding carboxylic acids is 2. The first-order valence-electron chi connectivity index (χ1n) is 10.2. The molecule has 0 spiro atoms. The van der Waals surface area contributed by atoms with Crippen molar-refractivity contribution in [2.45, 2.75) is 32.7 Å². The molecule has 2 aromatic carbocycles. The molecule has 0 saturated heterocycles. The van der Waals surface area contributed by atoms with E-state index in [1.807, 2.05) is 13.8 Å². The Hall–Kier alpha value is -3.68. The maximum absolute atomic E-state index is 13.3. The number of carbonyl (C=O) groups is 2. The largest absolute Gasteiger partial charge is 0.494 e. The number of nitrogens with one attached hydrogen (secondary N) is 2. The molecule has 1 unspecified atom stereocenters. The molecule has 0 saturated carbocycles. The van der Waals surface area contributed by atoms with Crippen LogP contribution >= 0.6 is 0 Å². The first-order chi connectivity index (χ1) is 15.0. The van der Waals surface area contributed by atoms with Gasteiger partial charge in [0, 0.05) is 11.3 Å². The molecule has 7 nitrogen and oxygen atoms in total. The first-order valence-corrected chi connectivity index (χ1v) is 10.2. The van der Waals surface area contributed by atoms with Crippen LogP contribution in [0.4, 0.5) is 15.9 Å². The second kappa shape index (κ2) is 8.59. The summed E-state index contributed by atoms with van der Waals surface area (Å²) in [4.78, 5) is 25.2. The number of hydrogen-bond donors (Lipinski definition) is 2. The van der Waals surface area contributed by atoms with E-state index in [2.05, 4.69) is 15.7 Å². The van der Waals surface area contributed by atoms with E-state index in [9.17, 15) is 14.0 Å². The van der Waals surface area contributed by atoms with Gasteiger partial charge in [0.2, 0.25) is 5.91 Å². The highest BCUT2D eigenvalue weighted by molar-refractivity contribution is 6.04. The third kappa shape index (κ3) is 4.14. The number of nitrogens with zero attached hydrogens (tertiary/aromatic N) is 2. The van der Waals surface area contributed by atoms with E-state index >= 15 is 0 Å². The van der Waals surface area contributed by atoms with Gasteiger partial charge in [0.1, 0.15) is 23.4 Å². The Morgan fingerprint density at radius 2 is 1.87 bits per heavy atom. The van der Waals surface area contributed by atoms with Crippen LogP contribution in [0.2, 0.25) is 0 Å². The van der Waals surface area contributed by atoms with E-state index in [0.717, 1.165) is 22.6 Å². The number of aryl methyl sites for hydroxylation is 1. The lowest BCUT2D eigenvalue weighted by Gasteiger charge is -2.11. The number of benzene rings is 2.